The van der Waals surface area contributed by atoms with Crippen molar-refractivity contribution in [3.05, 3.63) is 71.8 Å². The summed E-state index contributed by atoms with van der Waals surface area (Å²) in [5.74, 6) is -0.945. The highest BCUT2D eigenvalue weighted by Crippen LogP contribution is 2.55. The number of hydrogen-bond acceptors (Lipinski definition) is 4. The van der Waals surface area contributed by atoms with E-state index in [9.17, 15) is 9.67 Å². The molecule has 0 saturated carbocycles. The molecule has 0 bridgehead atoms. The summed E-state index contributed by atoms with van der Waals surface area (Å²) in [6.45, 7) is 4.20. The van der Waals surface area contributed by atoms with Gasteiger partial charge in [-0.1, -0.05) is 74.5 Å². The molecule has 0 unspecified atom stereocenters. The maximum absolute atomic E-state index is 13.1. The van der Waals surface area contributed by atoms with Crippen LogP contribution in [0.15, 0.2) is 60.7 Å². The fourth-order valence-corrected chi connectivity index (χ4v) is 3.99. The van der Waals surface area contributed by atoms with Crippen molar-refractivity contribution in [2.75, 3.05) is 0 Å². The van der Waals surface area contributed by atoms with Gasteiger partial charge in [0.05, 0.1) is 13.2 Å². The van der Waals surface area contributed by atoms with Crippen LogP contribution in [0.5, 0.6) is 0 Å². The van der Waals surface area contributed by atoms with Gasteiger partial charge in [-0.25, -0.2) is 0 Å². The van der Waals surface area contributed by atoms with Crippen LogP contribution in [0.2, 0.25) is 0 Å². The van der Waals surface area contributed by atoms with Gasteiger partial charge in [0, 0.05) is 0 Å². The Morgan fingerprint density at radius 3 is 1.67 bits per heavy atom. The van der Waals surface area contributed by atoms with E-state index in [1.165, 1.54) is 0 Å². The van der Waals surface area contributed by atoms with Crippen LogP contribution in [-0.2, 0) is 26.8 Å². The van der Waals surface area contributed by atoms with Gasteiger partial charge in [0.15, 0.2) is 5.85 Å². The molecule has 24 heavy (non-hydrogen) atoms. The topological polar surface area (TPSA) is 55.8 Å². The highest BCUT2D eigenvalue weighted by atomic mass is 31.2. The van der Waals surface area contributed by atoms with E-state index in [0.29, 0.717) is 6.42 Å². The van der Waals surface area contributed by atoms with Gasteiger partial charge in [0.2, 0.25) is 0 Å². The molecule has 1 N–H and O–H groups in total. The van der Waals surface area contributed by atoms with Gasteiger partial charge in [-0.05, 0) is 23.5 Å². The molecule has 5 heteroatoms. The fourth-order valence-electron chi connectivity index (χ4n) is 2.24. The van der Waals surface area contributed by atoms with E-state index < -0.39 is 13.4 Å². The van der Waals surface area contributed by atoms with Gasteiger partial charge in [0.1, 0.15) is 0 Å². The molecule has 0 saturated heterocycles. The smallest absolute Gasteiger partial charge is 0.359 e. The highest BCUT2D eigenvalue weighted by molar-refractivity contribution is 7.54. The van der Waals surface area contributed by atoms with Gasteiger partial charge in [-0.15, -0.1) is 0 Å². The second kappa shape index (κ2) is 9.14. The molecule has 0 aliphatic rings. The van der Waals surface area contributed by atoms with E-state index in [2.05, 4.69) is 0 Å². The van der Waals surface area contributed by atoms with Crippen LogP contribution in [-0.4, -0.2) is 11.0 Å². The number of aliphatic hydroxyl groups is 1. The maximum atomic E-state index is 13.1. The molecule has 0 aromatic heterocycles. The largest absolute Gasteiger partial charge is 0.380 e. The third-order valence-electron chi connectivity index (χ3n) is 3.56. The predicted octanol–water partition coefficient (Wildman–Crippen LogP) is 4.98. The van der Waals surface area contributed by atoms with Gasteiger partial charge >= 0.3 is 7.60 Å². The molecule has 0 aliphatic carbocycles. The summed E-state index contributed by atoms with van der Waals surface area (Å²) in [6.07, 6.45) is 0.362. The standard InChI is InChI=1S/C19H25O4P/c1-16(2)13-19(20)24(21,22-14-17-9-5-3-6-10-17)23-15-18-11-7-4-8-12-18/h3-12,16,19-20H,13-15H2,1-2H3/t19-/m1/s1. The molecule has 0 spiro atoms. The zero-order valence-electron chi connectivity index (χ0n) is 14.2. The van der Waals surface area contributed by atoms with E-state index in [1.54, 1.807) is 0 Å². The molecule has 1 atom stereocenters. The first kappa shape index (κ1) is 18.9. The Morgan fingerprint density at radius 1 is 0.875 bits per heavy atom. The van der Waals surface area contributed by atoms with Crippen molar-refractivity contribution in [1.82, 2.24) is 0 Å². The van der Waals surface area contributed by atoms with Gasteiger partial charge in [-0.3, -0.25) is 4.57 Å². The van der Waals surface area contributed by atoms with Crippen LogP contribution >= 0.6 is 7.60 Å². The fraction of sp³-hybridized carbons (Fsp3) is 0.368. The summed E-state index contributed by atoms with van der Waals surface area (Å²) in [5, 5.41) is 10.4. The summed E-state index contributed by atoms with van der Waals surface area (Å²) in [7, 11) is -3.64. The van der Waals surface area contributed by atoms with Crippen molar-refractivity contribution in [1.29, 1.82) is 0 Å². The van der Waals surface area contributed by atoms with Crippen LogP contribution in [0.25, 0.3) is 0 Å². The van der Waals surface area contributed by atoms with Crippen LogP contribution < -0.4 is 0 Å². The molecule has 0 heterocycles. The lowest BCUT2D eigenvalue weighted by Crippen LogP contribution is -2.15. The minimum Gasteiger partial charge on any atom is -0.380 e. The predicted molar refractivity (Wildman–Crippen MR) is 95.5 cm³/mol. The van der Waals surface area contributed by atoms with Crippen LogP contribution in [0.3, 0.4) is 0 Å². The molecular formula is C19H25O4P. The average molecular weight is 348 g/mol. The van der Waals surface area contributed by atoms with Crippen molar-refractivity contribution in [2.45, 2.75) is 39.3 Å². The average Bonchev–Trinajstić information content (AvgIpc) is 2.59. The van der Waals surface area contributed by atoms with Crippen molar-refractivity contribution < 1.29 is 18.7 Å². The first-order valence-electron chi connectivity index (χ1n) is 8.14. The first-order chi connectivity index (χ1) is 11.5. The Bertz CT molecular complexity index is 595. The zero-order valence-corrected chi connectivity index (χ0v) is 15.1. The number of aliphatic hydroxyl groups excluding tert-OH is 1. The monoisotopic (exact) mass is 348 g/mol. The number of benzene rings is 2. The van der Waals surface area contributed by atoms with Crippen LogP contribution in [0.4, 0.5) is 0 Å². The molecule has 0 radical (unpaired) electrons. The minimum absolute atomic E-state index is 0.141. The molecule has 2 rings (SSSR count). The molecule has 0 aliphatic heterocycles. The first-order valence-corrected chi connectivity index (χ1v) is 9.75. The van der Waals surface area contributed by atoms with E-state index in [0.717, 1.165) is 11.1 Å². The van der Waals surface area contributed by atoms with Crippen LogP contribution in [0.1, 0.15) is 31.4 Å². The van der Waals surface area contributed by atoms with Crippen molar-refractivity contribution in [3.63, 3.8) is 0 Å². The third-order valence-corrected chi connectivity index (χ3v) is 5.47. The summed E-state index contributed by atoms with van der Waals surface area (Å²) in [5.41, 5.74) is 1.77. The summed E-state index contributed by atoms with van der Waals surface area (Å²) in [6, 6.07) is 18.9. The molecule has 4 nitrogen and oxygen atoms in total. The molecule has 2 aromatic rings. The van der Waals surface area contributed by atoms with Crippen molar-refractivity contribution in [3.8, 4) is 0 Å². The SMILES string of the molecule is CC(C)C[C@H](O)P(=O)(OCc1ccccc1)OCc1ccccc1. The Morgan fingerprint density at radius 2 is 1.29 bits per heavy atom. The van der Waals surface area contributed by atoms with E-state index in [1.807, 2.05) is 74.5 Å². The summed E-state index contributed by atoms with van der Waals surface area (Å²) >= 11 is 0. The second-order valence-electron chi connectivity index (χ2n) is 6.17. The Labute approximate surface area is 144 Å². The van der Waals surface area contributed by atoms with Crippen LogP contribution in [0, 0.1) is 5.92 Å². The lowest BCUT2D eigenvalue weighted by Gasteiger charge is -2.24. The molecular weight excluding hydrogens is 323 g/mol. The Balaban J connectivity index is 2.06. The molecule has 2 aromatic carbocycles. The maximum Gasteiger partial charge on any atom is 0.359 e. The van der Waals surface area contributed by atoms with Gasteiger partial charge < -0.3 is 14.2 Å². The lowest BCUT2D eigenvalue weighted by molar-refractivity contribution is 0.122. The van der Waals surface area contributed by atoms with Gasteiger partial charge in [-0.2, -0.15) is 0 Å². The zero-order chi connectivity index (χ0) is 17.4. The van der Waals surface area contributed by atoms with Gasteiger partial charge in [0.25, 0.3) is 0 Å². The third kappa shape index (κ3) is 5.88. The normalized spacial score (nSPS) is 13.2. The van der Waals surface area contributed by atoms with Crippen molar-refractivity contribution >= 4 is 7.60 Å². The summed E-state index contributed by atoms with van der Waals surface area (Å²) in [4.78, 5) is 0. The van der Waals surface area contributed by atoms with E-state index >= 15 is 0 Å². The van der Waals surface area contributed by atoms with Crippen molar-refractivity contribution in [2.24, 2.45) is 5.92 Å². The highest BCUT2D eigenvalue weighted by Gasteiger charge is 2.35. The number of rotatable bonds is 9. The quantitative estimate of drug-likeness (QED) is 0.650. The number of hydrogen-bond donors (Lipinski definition) is 1. The minimum atomic E-state index is -3.64. The van der Waals surface area contributed by atoms with E-state index in [4.69, 9.17) is 9.05 Å². The van der Waals surface area contributed by atoms with E-state index in [-0.39, 0.29) is 19.1 Å². The Kier molecular flexibility index (Phi) is 7.19. The molecule has 130 valence electrons. The molecule has 0 amide bonds. The lowest BCUT2D eigenvalue weighted by atomic mass is 10.1. The second-order valence-corrected chi connectivity index (χ2v) is 8.36. The Hall–Kier alpha value is -1.45. The molecule has 0 fully saturated rings. The summed E-state index contributed by atoms with van der Waals surface area (Å²) < 4.78 is 24.3.